The lowest BCUT2D eigenvalue weighted by Gasteiger charge is -2.08. The van der Waals surface area contributed by atoms with Gasteiger partial charge in [-0.1, -0.05) is 36.4 Å². The highest BCUT2D eigenvalue weighted by atomic mass is 16.5. The summed E-state index contributed by atoms with van der Waals surface area (Å²) < 4.78 is 5.04. The zero-order valence-corrected chi connectivity index (χ0v) is 13.7. The van der Waals surface area contributed by atoms with Crippen molar-refractivity contribution in [2.75, 3.05) is 7.11 Å². The smallest absolute Gasteiger partial charge is 0.288 e. The topological polar surface area (TPSA) is 80.3 Å². The van der Waals surface area contributed by atoms with Gasteiger partial charge in [-0.05, 0) is 29.8 Å². The minimum Gasteiger partial charge on any atom is -0.380 e. The third kappa shape index (κ3) is 3.99. The van der Waals surface area contributed by atoms with Crippen molar-refractivity contribution in [3.63, 3.8) is 0 Å². The number of fused-ring (bicyclic) bond motifs is 1. The molecule has 0 saturated heterocycles. The standard InChI is InChI=1S/C19H17N3O3/c1-25-12-13-5-4-7-15(11-13)18(23)21-22-19(24)17-10-9-14-6-2-3-8-16(14)20-17/h2-11H,12H2,1H3,(H,21,23)(H,22,24). The predicted octanol–water partition coefficient (Wildman–Crippen LogP) is 2.46. The molecule has 0 radical (unpaired) electrons. The van der Waals surface area contributed by atoms with Gasteiger partial charge in [0.15, 0.2) is 0 Å². The van der Waals surface area contributed by atoms with Gasteiger partial charge in [0.25, 0.3) is 11.8 Å². The Balaban J connectivity index is 1.66. The number of hydrogen-bond acceptors (Lipinski definition) is 4. The molecule has 0 bridgehead atoms. The van der Waals surface area contributed by atoms with E-state index in [0.29, 0.717) is 17.7 Å². The van der Waals surface area contributed by atoms with Crippen LogP contribution in [0.25, 0.3) is 10.9 Å². The van der Waals surface area contributed by atoms with Gasteiger partial charge in [0.05, 0.1) is 12.1 Å². The van der Waals surface area contributed by atoms with E-state index in [9.17, 15) is 9.59 Å². The molecule has 0 aliphatic rings. The lowest BCUT2D eigenvalue weighted by molar-refractivity contribution is 0.0844. The maximum Gasteiger partial charge on any atom is 0.288 e. The van der Waals surface area contributed by atoms with Crippen LogP contribution >= 0.6 is 0 Å². The SMILES string of the molecule is COCc1cccc(C(=O)NNC(=O)c2ccc3ccccc3n2)c1. The lowest BCUT2D eigenvalue weighted by atomic mass is 10.1. The average molecular weight is 335 g/mol. The molecule has 3 aromatic rings. The van der Waals surface area contributed by atoms with Gasteiger partial charge < -0.3 is 4.74 Å². The molecular weight excluding hydrogens is 318 g/mol. The highest BCUT2D eigenvalue weighted by Gasteiger charge is 2.11. The van der Waals surface area contributed by atoms with Gasteiger partial charge in [-0.2, -0.15) is 0 Å². The lowest BCUT2D eigenvalue weighted by Crippen LogP contribution is -2.42. The van der Waals surface area contributed by atoms with Crippen molar-refractivity contribution < 1.29 is 14.3 Å². The first-order valence-electron chi connectivity index (χ1n) is 7.72. The Morgan fingerprint density at radius 3 is 2.60 bits per heavy atom. The summed E-state index contributed by atoms with van der Waals surface area (Å²) in [6.45, 7) is 0.411. The number of ether oxygens (including phenoxy) is 1. The van der Waals surface area contributed by atoms with Crippen molar-refractivity contribution in [1.82, 2.24) is 15.8 Å². The van der Waals surface area contributed by atoms with Crippen LogP contribution in [0.3, 0.4) is 0 Å². The zero-order valence-electron chi connectivity index (χ0n) is 13.7. The largest absolute Gasteiger partial charge is 0.380 e. The van der Waals surface area contributed by atoms with Crippen molar-refractivity contribution in [2.45, 2.75) is 6.61 Å². The van der Waals surface area contributed by atoms with Gasteiger partial charge >= 0.3 is 0 Å². The summed E-state index contributed by atoms with van der Waals surface area (Å²) in [6.07, 6.45) is 0. The van der Waals surface area contributed by atoms with Gasteiger partial charge in [0, 0.05) is 18.1 Å². The molecule has 0 atom stereocenters. The number of pyridine rings is 1. The summed E-state index contributed by atoms with van der Waals surface area (Å²) in [5.41, 5.74) is 7.03. The fourth-order valence-electron chi connectivity index (χ4n) is 2.41. The molecule has 6 heteroatoms. The number of nitrogens with zero attached hydrogens (tertiary/aromatic N) is 1. The number of para-hydroxylation sites is 1. The first kappa shape index (κ1) is 16.6. The van der Waals surface area contributed by atoms with Crippen LogP contribution in [0.4, 0.5) is 0 Å². The van der Waals surface area contributed by atoms with Crippen LogP contribution in [0.15, 0.2) is 60.7 Å². The van der Waals surface area contributed by atoms with E-state index >= 15 is 0 Å². The van der Waals surface area contributed by atoms with Gasteiger partial charge in [-0.25, -0.2) is 4.98 Å². The zero-order chi connectivity index (χ0) is 17.6. The maximum absolute atomic E-state index is 12.2. The first-order valence-corrected chi connectivity index (χ1v) is 7.72. The number of hydrazine groups is 1. The fraction of sp³-hybridized carbons (Fsp3) is 0.105. The molecule has 2 N–H and O–H groups in total. The molecule has 0 unspecified atom stereocenters. The van der Waals surface area contributed by atoms with E-state index in [2.05, 4.69) is 15.8 Å². The van der Waals surface area contributed by atoms with Gasteiger partial charge in [-0.3, -0.25) is 20.4 Å². The van der Waals surface area contributed by atoms with Crippen molar-refractivity contribution >= 4 is 22.7 Å². The Bertz CT molecular complexity index is 924. The second-order valence-electron chi connectivity index (χ2n) is 5.43. The highest BCUT2D eigenvalue weighted by Crippen LogP contribution is 2.11. The number of amides is 2. The van der Waals surface area contributed by atoms with Crippen LogP contribution in [0.5, 0.6) is 0 Å². The van der Waals surface area contributed by atoms with Crippen LogP contribution in [0, 0.1) is 0 Å². The number of carbonyl (C=O) groups excluding carboxylic acids is 2. The summed E-state index contributed by atoms with van der Waals surface area (Å²) in [5.74, 6) is -0.890. The van der Waals surface area contributed by atoms with E-state index in [-0.39, 0.29) is 5.69 Å². The van der Waals surface area contributed by atoms with E-state index in [4.69, 9.17) is 4.74 Å². The van der Waals surface area contributed by atoms with E-state index < -0.39 is 11.8 Å². The number of aromatic nitrogens is 1. The highest BCUT2D eigenvalue weighted by molar-refractivity contribution is 5.99. The summed E-state index contributed by atoms with van der Waals surface area (Å²) in [7, 11) is 1.59. The number of carbonyl (C=O) groups is 2. The Morgan fingerprint density at radius 2 is 1.76 bits per heavy atom. The maximum atomic E-state index is 12.2. The molecule has 0 saturated carbocycles. The summed E-state index contributed by atoms with van der Waals surface area (Å²) in [5, 5.41) is 0.943. The molecule has 6 nitrogen and oxygen atoms in total. The van der Waals surface area contributed by atoms with E-state index in [1.807, 2.05) is 36.4 Å². The monoisotopic (exact) mass is 335 g/mol. The molecule has 0 aliphatic heterocycles. The summed E-state index contributed by atoms with van der Waals surface area (Å²) in [6, 6.07) is 17.9. The minimum absolute atomic E-state index is 0.229. The Kier molecular flexibility index (Phi) is 5.01. The third-order valence-corrected chi connectivity index (χ3v) is 3.62. The molecule has 2 amide bonds. The molecule has 1 heterocycles. The molecule has 2 aromatic carbocycles. The van der Waals surface area contributed by atoms with Crippen LogP contribution in [0.1, 0.15) is 26.4 Å². The summed E-state index contributed by atoms with van der Waals surface area (Å²) in [4.78, 5) is 28.6. The quantitative estimate of drug-likeness (QED) is 0.718. The van der Waals surface area contributed by atoms with E-state index in [1.54, 1.807) is 31.4 Å². The van der Waals surface area contributed by atoms with Crippen molar-refractivity contribution in [1.29, 1.82) is 0 Å². The number of benzene rings is 2. The Labute approximate surface area is 144 Å². The fourth-order valence-corrected chi connectivity index (χ4v) is 2.41. The molecule has 0 aliphatic carbocycles. The van der Waals surface area contributed by atoms with Crippen LogP contribution in [0.2, 0.25) is 0 Å². The minimum atomic E-state index is -0.479. The third-order valence-electron chi connectivity index (χ3n) is 3.62. The second kappa shape index (κ2) is 7.55. The second-order valence-corrected chi connectivity index (χ2v) is 5.43. The normalized spacial score (nSPS) is 10.4. The van der Waals surface area contributed by atoms with E-state index in [1.165, 1.54) is 0 Å². The Hall–Kier alpha value is -3.25. The Morgan fingerprint density at radius 1 is 0.960 bits per heavy atom. The van der Waals surface area contributed by atoms with E-state index in [0.717, 1.165) is 10.9 Å². The average Bonchev–Trinajstić information content (AvgIpc) is 2.66. The number of hydrogen-bond donors (Lipinski definition) is 2. The van der Waals surface area contributed by atoms with Crippen molar-refractivity contribution in [3.05, 3.63) is 77.5 Å². The number of nitrogens with one attached hydrogen (secondary N) is 2. The molecule has 0 spiro atoms. The molecule has 25 heavy (non-hydrogen) atoms. The molecule has 0 fully saturated rings. The van der Waals surface area contributed by atoms with Crippen LogP contribution in [-0.2, 0) is 11.3 Å². The number of methoxy groups -OCH3 is 1. The van der Waals surface area contributed by atoms with Gasteiger partial charge in [-0.15, -0.1) is 0 Å². The molecule has 3 rings (SSSR count). The van der Waals surface area contributed by atoms with Gasteiger partial charge in [0.1, 0.15) is 5.69 Å². The van der Waals surface area contributed by atoms with Crippen molar-refractivity contribution in [2.24, 2.45) is 0 Å². The molecule has 126 valence electrons. The molecule has 1 aromatic heterocycles. The van der Waals surface area contributed by atoms with Crippen molar-refractivity contribution in [3.8, 4) is 0 Å². The first-order chi connectivity index (χ1) is 12.2. The van der Waals surface area contributed by atoms with Gasteiger partial charge in [0.2, 0.25) is 0 Å². The summed E-state index contributed by atoms with van der Waals surface area (Å²) >= 11 is 0. The number of rotatable bonds is 4. The van der Waals surface area contributed by atoms with Crippen LogP contribution in [-0.4, -0.2) is 23.9 Å². The molecular formula is C19H17N3O3. The predicted molar refractivity (Wildman–Crippen MR) is 93.8 cm³/mol. The van der Waals surface area contributed by atoms with Crippen LogP contribution < -0.4 is 10.9 Å².